The first kappa shape index (κ1) is 11.2. The van der Waals surface area contributed by atoms with Crippen LogP contribution in [0, 0.1) is 11.3 Å². The number of nitrogens with zero attached hydrogens (tertiary/aromatic N) is 4. The van der Waals surface area contributed by atoms with Crippen LogP contribution >= 0.6 is 12.6 Å². The lowest BCUT2D eigenvalue weighted by Crippen LogP contribution is -1.93. The van der Waals surface area contributed by atoms with Crippen LogP contribution in [0.2, 0.25) is 0 Å². The molecule has 0 atom stereocenters. The molecule has 0 saturated heterocycles. The number of nitriles is 1. The van der Waals surface area contributed by atoms with Gasteiger partial charge in [0.2, 0.25) is 5.82 Å². The van der Waals surface area contributed by atoms with Crippen molar-refractivity contribution in [1.82, 2.24) is 20.6 Å². The number of H-pyrrole nitrogens is 1. The molecule has 0 aliphatic rings. The third-order valence-electron chi connectivity index (χ3n) is 1.98. The van der Waals surface area contributed by atoms with Gasteiger partial charge in [0.1, 0.15) is 11.6 Å². The fourth-order valence-corrected chi connectivity index (χ4v) is 1.39. The van der Waals surface area contributed by atoms with Crippen molar-refractivity contribution < 1.29 is 0 Å². The van der Waals surface area contributed by atoms with Crippen LogP contribution in [0.4, 0.5) is 5.69 Å². The zero-order chi connectivity index (χ0) is 12.1. The van der Waals surface area contributed by atoms with E-state index >= 15 is 0 Å². The molecular formula is C10H8N6S. The Morgan fingerprint density at radius 2 is 2.29 bits per heavy atom. The molecule has 17 heavy (non-hydrogen) atoms. The van der Waals surface area contributed by atoms with Gasteiger partial charge in [-0.3, -0.25) is 0 Å². The van der Waals surface area contributed by atoms with Crippen LogP contribution in [0.25, 0.3) is 5.57 Å². The Hall–Kier alpha value is -2.33. The van der Waals surface area contributed by atoms with Gasteiger partial charge in [-0.25, -0.2) is 0 Å². The standard InChI is InChI=1S/C10H8N6S/c11-5-7(10-13-15-16-14-10)6-12-8-3-1-2-4-9(8)17/h1-4,6,12,17H,(H,13,14,15,16). The highest BCUT2D eigenvalue weighted by molar-refractivity contribution is 7.80. The summed E-state index contributed by atoms with van der Waals surface area (Å²) in [6, 6.07) is 9.43. The molecule has 0 fully saturated rings. The summed E-state index contributed by atoms with van der Waals surface area (Å²) in [5.74, 6) is 0.247. The highest BCUT2D eigenvalue weighted by atomic mass is 32.1. The molecule has 84 valence electrons. The first-order chi connectivity index (χ1) is 8.31. The van der Waals surface area contributed by atoms with Gasteiger partial charge in [0.15, 0.2) is 0 Å². The highest BCUT2D eigenvalue weighted by Crippen LogP contribution is 2.19. The van der Waals surface area contributed by atoms with Crippen molar-refractivity contribution in [2.45, 2.75) is 4.90 Å². The second-order valence-electron chi connectivity index (χ2n) is 3.07. The van der Waals surface area contributed by atoms with Crippen LogP contribution < -0.4 is 5.32 Å². The number of hydrogen-bond acceptors (Lipinski definition) is 6. The molecule has 0 unspecified atom stereocenters. The average molecular weight is 244 g/mol. The van der Waals surface area contributed by atoms with Crippen LogP contribution in [0.1, 0.15) is 5.82 Å². The van der Waals surface area contributed by atoms with Gasteiger partial charge in [0, 0.05) is 11.1 Å². The van der Waals surface area contributed by atoms with Crippen molar-refractivity contribution >= 4 is 23.9 Å². The second kappa shape index (κ2) is 5.14. The van der Waals surface area contributed by atoms with Gasteiger partial charge < -0.3 is 5.32 Å². The topological polar surface area (TPSA) is 90.3 Å². The molecule has 0 aliphatic heterocycles. The van der Waals surface area contributed by atoms with Gasteiger partial charge >= 0.3 is 0 Å². The average Bonchev–Trinajstić information content (AvgIpc) is 2.86. The van der Waals surface area contributed by atoms with Crippen molar-refractivity contribution in [3.05, 3.63) is 36.3 Å². The Balaban J connectivity index is 2.21. The Morgan fingerprint density at radius 3 is 2.94 bits per heavy atom. The van der Waals surface area contributed by atoms with E-state index in [9.17, 15) is 0 Å². The van der Waals surface area contributed by atoms with Crippen LogP contribution in [-0.2, 0) is 0 Å². The summed E-state index contributed by atoms with van der Waals surface area (Å²) < 4.78 is 0. The second-order valence-corrected chi connectivity index (χ2v) is 3.55. The van der Waals surface area contributed by atoms with E-state index in [-0.39, 0.29) is 11.4 Å². The smallest absolute Gasteiger partial charge is 0.216 e. The first-order valence-electron chi connectivity index (χ1n) is 4.70. The maximum absolute atomic E-state index is 8.95. The summed E-state index contributed by atoms with van der Waals surface area (Å²) in [5, 5.41) is 25.0. The fraction of sp³-hybridized carbons (Fsp3) is 0. The molecule has 7 heteroatoms. The number of nitrogens with one attached hydrogen (secondary N) is 2. The highest BCUT2D eigenvalue weighted by Gasteiger charge is 2.05. The molecular weight excluding hydrogens is 236 g/mol. The minimum absolute atomic E-state index is 0.247. The molecule has 2 rings (SSSR count). The molecule has 0 radical (unpaired) electrons. The van der Waals surface area contributed by atoms with Crippen molar-refractivity contribution in [2.75, 3.05) is 5.32 Å². The maximum atomic E-state index is 8.95. The Kier molecular flexibility index (Phi) is 3.37. The van der Waals surface area contributed by atoms with E-state index in [2.05, 4.69) is 38.6 Å². The molecule has 1 heterocycles. The van der Waals surface area contributed by atoms with Gasteiger partial charge in [-0.15, -0.1) is 22.8 Å². The molecule has 1 aromatic carbocycles. The van der Waals surface area contributed by atoms with E-state index in [1.54, 1.807) is 0 Å². The lowest BCUT2D eigenvalue weighted by atomic mass is 10.3. The third-order valence-corrected chi connectivity index (χ3v) is 2.37. The predicted octanol–water partition coefficient (Wildman–Crippen LogP) is 1.46. The molecule has 0 saturated carbocycles. The molecule has 6 nitrogen and oxygen atoms in total. The maximum Gasteiger partial charge on any atom is 0.216 e. The monoisotopic (exact) mass is 244 g/mol. The number of anilines is 1. The lowest BCUT2D eigenvalue weighted by Gasteiger charge is -2.03. The van der Waals surface area contributed by atoms with Crippen LogP contribution in [0.15, 0.2) is 35.4 Å². The fourth-order valence-electron chi connectivity index (χ4n) is 1.17. The van der Waals surface area contributed by atoms with E-state index in [1.165, 1.54) is 6.20 Å². The molecule has 2 N–H and O–H groups in total. The number of thiol groups is 1. The van der Waals surface area contributed by atoms with Crippen molar-refractivity contribution in [2.24, 2.45) is 0 Å². The normalized spacial score (nSPS) is 10.9. The number of benzene rings is 1. The molecule has 2 aromatic rings. The number of aromatic nitrogens is 4. The molecule has 0 aliphatic carbocycles. The summed E-state index contributed by atoms with van der Waals surface area (Å²) >= 11 is 4.28. The minimum Gasteiger partial charge on any atom is -0.359 e. The van der Waals surface area contributed by atoms with Crippen molar-refractivity contribution in [3.63, 3.8) is 0 Å². The number of allylic oxidation sites excluding steroid dienone is 1. The summed E-state index contributed by atoms with van der Waals surface area (Å²) in [6.45, 7) is 0. The molecule has 0 amide bonds. The zero-order valence-electron chi connectivity index (χ0n) is 8.62. The minimum atomic E-state index is 0.247. The largest absolute Gasteiger partial charge is 0.359 e. The SMILES string of the molecule is N#CC(=CNc1ccccc1S)c1nn[nH]n1. The molecule has 0 bridgehead atoms. The lowest BCUT2D eigenvalue weighted by molar-refractivity contribution is 0.881. The summed E-state index contributed by atoms with van der Waals surface area (Å²) in [6.07, 6.45) is 1.51. The van der Waals surface area contributed by atoms with Gasteiger partial charge in [-0.2, -0.15) is 10.5 Å². The number of aromatic amines is 1. The number of rotatable bonds is 3. The number of tetrazole rings is 1. The van der Waals surface area contributed by atoms with E-state index in [0.29, 0.717) is 0 Å². The van der Waals surface area contributed by atoms with E-state index in [1.807, 2.05) is 30.3 Å². The third kappa shape index (κ3) is 2.62. The van der Waals surface area contributed by atoms with E-state index in [4.69, 9.17) is 5.26 Å². The van der Waals surface area contributed by atoms with Crippen LogP contribution in [0.3, 0.4) is 0 Å². The summed E-state index contributed by atoms with van der Waals surface area (Å²) in [4.78, 5) is 0.786. The van der Waals surface area contributed by atoms with Gasteiger partial charge in [0.05, 0.1) is 5.69 Å². The van der Waals surface area contributed by atoms with Gasteiger partial charge in [0.25, 0.3) is 0 Å². The number of hydrogen-bond donors (Lipinski definition) is 3. The van der Waals surface area contributed by atoms with Crippen molar-refractivity contribution in [3.8, 4) is 6.07 Å². The van der Waals surface area contributed by atoms with Crippen LogP contribution in [-0.4, -0.2) is 20.6 Å². The van der Waals surface area contributed by atoms with E-state index in [0.717, 1.165) is 10.6 Å². The van der Waals surface area contributed by atoms with Gasteiger partial charge in [-0.05, 0) is 17.3 Å². The molecule has 1 aromatic heterocycles. The van der Waals surface area contributed by atoms with Crippen molar-refractivity contribution in [1.29, 1.82) is 5.26 Å². The quantitative estimate of drug-likeness (QED) is 0.562. The Bertz CT molecular complexity index is 569. The summed E-state index contributed by atoms with van der Waals surface area (Å²) in [7, 11) is 0. The summed E-state index contributed by atoms with van der Waals surface area (Å²) in [5.41, 5.74) is 1.09. The Morgan fingerprint density at radius 1 is 1.47 bits per heavy atom. The molecule has 0 spiro atoms. The van der Waals surface area contributed by atoms with Crippen LogP contribution in [0.5, 0.6) is 0 Å². The first-order valence-corrected chi connectivity index (χ1v) is 5.14. The predicted molar refractivity (Wildman–Crippen MR) is 65.1 cm³/mol. The Labute approximate surface area is 103 Å². The zero-order valence-corrected chi connectivity index (χ0v) is 9.52. The van der Waals surface area contributed by atoms with Gasteiger partial charge in [-0.1, -0.05) is 12.1 Å². The number of para-hydroxylation sites is 1. The van der Waals surface area contributed by atoms with E-state index < -0.39 is 0 Å².